The van der Waals surface area contributed by atoms with Gasteiger partial charge in [0.05, 0.1) is 36.7 Å². The van der Waals surface area contributed by atoms with Crippen LogP contribution in [0.25, 0.3) is 5.65 Å². The van der Waals surface area contributed by atoms with Gasteiger partial charge in [-0.25, -0.2) is 18.3 Å². The summed E-state index contributed by atoms with van der Waals surface area (Å²) in [4.78, 5) is 22.9. The molecule has 1 saturated carbocycles. The van der Waals surface area contributed by atoms with Gasteiger partial charge in [-0.1, -0.05) is 0 Å². The fourth-order valence-electron chi connectivity index (χ4n) is 8.71. The molecule has 2 bridgehead atoms. The van der Waals surface area contributed by atoms with Crippen molar-refractivity contribution < 1.29 is 18.3 Å². The van der Waals surface area contributed by atoms with Crippen LogP contribution in [-0.2, 0) is 4.74 Å². The molecule has 3 aromatic rings. The van der Waals surface area contributed by atoms with Gasteiger partial charge in [0.15, 0.2) is 11.3 Å². The molecule has 248 valence electrons. The van der Waals surface area contributed by atoms with E-state index in [-0.39, 0.29) is 29.4 Å². The molecule has 5 fully saturated rings. The third kappa shape index (κ3) is 5.90. The van der Waals surface area contributed by atoms with Crippen LogP contribution in [0.2, 0.25) is 0 Å². The first-order chi connectivity index (χ1) is 22.4. The van der Waals surface area contributed by atoms with Crippen LogP contribution in [0.5, 0.6) is 0 Å². The number of nitrogens with one attached hydrogen (secondary N) is 2. The van der Waals surface area contributed by atoms with Gasteiger partial charge in [-0.3, -0.25) is 9.48 Å². The number of piperidine rings is 2. The maximum atomic E-state index is 14.1. The Bertz CT molecular complexity index is 1530. The molecule has 46 heavy (non-hydrogen) atoms. The van der Waals surface area contributed by atoms with Crippen molar-refractivity contribution in [3.63, 3.8) is 0 Å². The first-order valence-corrected chi connectivity index (χ1v) is 17.3. The van der Waals surface area contributed by atoms with Crippen LogP contribution in [-0.4, -0.2) is 93.2 Å². The number of carbonyl (C=O) groups excluding carboxylic acids is 1. The van der Waals surface area contributed by atoms with Crippen molar-refractivity contribution in [1.82, 2.24) is 34.6 Å². The Labute approximate surface area is 268 Å². The lowest BCUT2D eigenvalue weighted by atomic mass is 9.65. The van der Waals surface area contributed by atoms with Crippen molar-refractivity contribution in [3.8, 4) is 0 Å². The second-order valence-electron chi connectivity index (χ2n) is 14.3. The normalized spacial score (nSPS) is 25.8. The standard InChI is InChI=1S/C33H45F2N9O2/c34-30(35)29-27(38-32(45)26-18-37-43-16-6-28(39-31(26)43)42-19-25-17-24(42)21-46-25)20-44(40-29)23-4-14-41(15-5-23)13-3-22-1-7-33(8-2-22)9-11-36-12-10-33/h6,16,18,20,22-25,30,36H,1-5,7-15,17,19,21H2,(H,38,45)/t24-,25-/m1/s1. The Morgan fingerprint density at radius 2 is 1.91 bits per heavy atom. The van der Waals surface area contributed by atoms with Gasteiger partial charge in [0, 0.05) is 32.0 Å². The van der Waals surface area contributed by atoms with Crippen molar-refractivity contribution >= 4 is 23.1 Å². The van der Waals surface area contributed by atoms with E-state index < -0.39 is 18.0 Å². The highest BCUT2D eigenvalue weighted by molar-refractivity contribution is 6.08. The van der Waals surface area contributed by atoms with Gasteiger partial charge in [-0.2, -0.15) is 10.2 Å². The number of morpholine rings is 1. The summed E-state index contributed by atoms with van der Waals surface area (Å²) in [5.41, 5.74) is 0.854. The summed E-state index contributed by atoms with van der Waals surface area (Å²) in [5, 5.41) is 14.8. The van der Waals surface area contributed by atoms with Crippen molar-refractivity contribution in [3.05, 3.63) is 35.9 Å². The number of anilines is 2. The number of rotatable bonds is 8. The molecule has 0 aromatic carbocycles. The van der Waals surface area contributed by atoms with Crippen LogP contribution < -0.4 is 15.5 Å². The number of alkyl halides is 2. The Morgan fingerprint density at radius 3 is 2.63 bits per heavy atom. The van der Waals surface area contributed by atoms with Crippen LogP contribution in [0.1, 0.15) is 92.7 Å². The van der Waals surface area contributed by atoms with Crippen LogP contribution in [0.15, 0.2) is 24.7 Å². The van der Waals surface area contributed by atoms with Crippen molar-refractivity contribution in [1.29, 1.82) is 0 Å². The Kier molecular flexibility index (Phi) is 8.18. The highest BCUT2D eigenvalue weighted by Crippen LogP contribution is 2.46. The molecule has 7 heterocycles. The van der Waals surface area contributed by atoms with E-state index >= 15 is 0 Å². The lowest BCUT2D eigenvalue weighted by molar-refractivity contribution is 0.0932. The molecule has 1 aliphatic carbocycles. The molecule has 4 aliphatic heterocycles. The minimum absolute atomic E-state index is 0.0230. The zero-order valence-corrected chi connectivity index (χ0v) is 26.4. The Hall–Kier alpha value is -3.16. The van der Waals surface area contributed by atoms with Gasteiger partial charge < -0.3 is 25.2 Å². The fraction of sp³-hybridized carbons (Fsp3) is 0.697. The minimum atomic E-state index is -2.81. The third-order valence-electron chi connectivity index (χ3n) is 11.6. The van der Waals surface area contributed by atoms with Gasteiger partial charge in [-0.05, 0) is 101 Å². The van der Waals surface area contributed by atoms with E-state index in [1.165, 1.54) is 68.7 Å². The van der Waals surface area contributed by atoms with Gasteiger partial charge in [-0.15, -0.1) is 0 Å². The van der Waals surface area contributed by atoms with Gasteiger partial charge >= 0.3 is 0 Å². The SMILES string of the molecule is O=C(Nc1cn(C2CCN(CCC3CCC4(CCNCC4)CC3)CC2)nc1C(F)F)c1cnn2ccc(N3C[C@H]4C[C@@H]3CO4)nc12. The molecule has 1 amide bonds. The predicted octanol–water partition coefficient (Wildman–Crippen LogP) is 4.68. The largest absolute Gasteiger partial charge is 0.374 e. The summed E-state index contributed by atoms with van der Waals surface area (Å²) < 4.78 is 37.1. The molecule has 3 aromatic heterocycles. The maximum Gasteiger partial charge on any atom is 0.284 e. The van der Waals surface area contributed by atoms with Crippen LogP contribution in [0.3, 0.4) is 0 Å². The first-order valence-electron chi connectivity index (χ1n) is 17.3. The quantitative estimate of drug-likeness (QED) is 0.367. The number of likely N-dealkylation sites (tertiary alicyclic amines) is 1. The first kappa shape index (κ1) is 30.2. The van der Waals surface area contributed by atoms with Crippen LogP contribution in [0, 0.1) is 11.3 Å². The molecule has 11 nitrogen and oxygen atoms in total. The molecular formula is C33H45F2N9O2. The summed E-state index contributed by atoms with van der Waals surface area (Å²) in [7, 11) is 0. The van der Waals surface area contributed by atoms with Gasteiger partial charge in [0.1, 0.15) is 11.4 Å². The second kappa shape index (κ2) is 12.5. The average molecular weight is 638 g/mol. The molecule has 0 radical (unpaired) electrons. The number of halogens is 2. The Morgan fingerprint density at radius 1 is 1.11 bits per heavy atom. The summed E-state index contributed by atoms with van der Waals surface area (Å²) >= 11 is 0. The van der Waals surface area contributed by atoms with E-state index in [2.05, 4.69) is 30.6 Å². The number of ether oxygens (including phenoxy) is 1. The van der Waals surface area contributed by atoms with Gasteiger partial charge in [0.25, 0.3) is 12.3 Å². The van der Waals surface area contributed by atoms with E-state index in [0.29, 0.717) is 17.7 Å². The maximum absolute atomic E-state index is 14.1. The zero-order valence-electron chi connectivity index (χ0n) is 26.4. The third-order valence-corrected chi connectivity index (χ3v) is 11.6. The monoisotopic (exact) mass is 637 g/mol. The minimum Gasteiger partial charge on any atom is -0.374 e. The smallest absolute Gasteiger partial charge is 0.284 e. The molecule has 5 aliphatic rings. The number of fused-ring (bicyclic) bond motifs is 3. The fourth-order valence-corrected chi connectivity index (χ4v) is 8.71. The summed E-state index contributed by atoms with van der Waals surface area (Å²) in [5.74, 6) is 1.05. The number of aromatic nitrogens is 5. The molecule has 0 unspecified atom stereocenters. The van der Waals surface area contributed by atoms with Crippen molar-refractivity contribution in [2.24, 2.45) is 11.3 Å². The topological polar surface area (TPSA) is 105 Å². The molecule has 2 atom stereocenters. The number of carbonyl (C=O) groups is 1. The summed E-state index contributed by atoms with van der Waals surface area (Å²) in [6, 6.07) is 2.18. The van der Waals surface area contributed by atoms with Crippen molar-refractivity contribution in [2.45, 2.75) is 88.8 Å². The van der Waals surface area contributed by atoms with E-state index in [9.17, 15) is 13.6 Å². The lowest BCUT2D eigenvalue weighted by Crippen LogP contribution is -2.40. The van der Waals surface area contributed by atoms with Gasteiger partial charge in [0.2, 0.25) is 0 Å². The van der Waals surface area contributed by atoms with E-state index in [1.54, 1.807) is 17.1 Å². The highest BCUT2D eigenvalue weighted by atomic mass is 19.3. The highest BCUT2D eigenvalue weighted by Gasteiger charge is 2.40. The van der Waals surface area contributed by atoms with E-state index in [1.807, 2.05) is 6.07 Å². The van der Waals surface area contributed by atoms with Crippen LogP contribution in [0.4, 0.5) is 20.3 Å². The van der Waals surface area contributed by atoms with Crippen molar-refractivity contribution in [2.75, 3.05) is 56.1 Å². The lowest BCUT2D eigenvalue weighted by Gasteiger charge is -2.43. The average Bonchev–Trinajstić information content (AvgIpc) is 3.89. The summed E-state index contributed by atoms with van der Waals surface area (Å²) in [6.07, 6.45) is 14.3. The molecular weight excluding hydrogens is 592 g/mol. The molecule has 1 spiro atoms. The number of amides is 1. The molecule has 2 N–H and O–H groups in total. The van der Waals surface area contributed by atoms with Crippen LogP contribution >= 0.6 is 0 Å². The number of hydrogen-bond acceptors (Lipinski definition) is 8. The second-order valence-corrected chi connectivity index (χ2v) is 14.3. The Balaban J connectivity index is 0.879. The number of nitrogens with zero attached hydrogens (tertiary/aromatic N) is 7. The molecule has 4 saturated heterocycles. The molecule has 8 rings (SSSR count). The predicted molar refractivity (Wildman–Crippen MR) is 169 cm³/mol. The molecule has 13 heteroatoms. The number of hydrogen-bond donors (Lipinski definition) is 2. The van der Waals surface area contributed by atoms with E-state index in [4.69, 9.17) is 9.72 Å². The van der Waals surface area contributed by atoms with E-state index in [0.717, 1.165) is 57.2 Å². The summed E-state index contributed by atoms with van der Waals surface area (Å²) in [6.45, 7) is 6.76. The zero-order chi connectivity index (χ0) is 31.3.